The van der Waals surface area contributed by atoms with Crippen molar-refractivity contribution in [2.75, 3.05) is 6.61 Å². The fourth-order valence-electron chi connectivity index (χ4n) is 2.13. The molecule has 1 aromatic carbocycles. The molecule has 2 aliphatic rings. The van der Waals surface area contributed by atoms with Crippen molar-refractivity contribution in [1.29, 1.82) is 0 Å². The molecule has 0 amide bonds. The molecule has 3 heteroatoms. The number of ether oxygens (including phenoxy) is 1. The molecule has 18 heavy (non-hydrogen) atoms. The molecule has 0 atom stereocenters. The smallest absolute Gasteiger partial charge is 0.142 e. The molecular weight excluding hydrogens is 246 g/mol. The van der Waals surface area contributed by atoms with Gasteiger partial charge in [-0.15, -0.1) is 0 Å². The predicted molar refractivity (Wildman–Crippen MR) is 74.1 cm³/mol. The van der Waals surface area contributed by atoms with Crippen LogP contribution in [0.3, 0.4) is 0 Å². The molecule has 1 N–H and O–H groups in total. The average molecular weight is 266 g/mol. The van der Waals surface area contributed by atoms with Crippen LogP contribution in [0.5, 0.6) is 5.75 Å². The van der Waals surface area contributed by atoms with Crippen LogP contribution in [-0.4, -0.2) is 12.6 Å². The van der Waals surface area contributed by atoms with Crippen LogP contribution in [0.1, 0.15) is 37.7 Å². The zero-order valence-electron chi connectivity index (χ0n) is 10.6. The van der Waals surface area contributed by atoms with Crippen molar-refractivity contribution in [3.8, 4) is 5.75 Å². The third-order valence-corrected chi connectivity index (χ3v) is 3.97. The minimum Gasteiger partial charge on any atom is -0.492 e. The van der Waals surface area contributed by atoms with E-state index >= 15 is 0 Å². The molecule has 2 saturated carbocycles. The van der Waals surface area contributed by atoms with E-state index in [-0.39, 0.29) is 0 Å². The number of hydrogen-bond acceptors (Lipinski definition) is 2. The van der Waals surface area contributed by atoms with Gasteiger partial charge in [-0.3, -0.25) is 0 Å². The van der Waals surface area contributed by atoms with Crippen LogP contribution in [0.25, 0.3) is 0 Å². The van der Waals surface area contributed by atoms with Crippen molar-refractivity contribution >= 4 is 11.6 Å². The molecule has 0 radical (unpaired) electrons. The van der Waals surface area contributed by atoms with Crippen molar-refractivity contribution in [1.82, 2.24) is 5.32 Å². The van der Waals surface area contributed by atoms with Gasteiger partial charge < -0.3 is 10.1 Å². The summed E-state index contributed by atoms with van der Waals surface area (Å²) in [4.78, 5) is 0. The van der Waals surface area contributed by atoms with Crippen molar-refractivity contribution in [3.63, 3.8) is 0 Å². The first-order valence-corrected chi connectivity index (χ1v) is 7.34. The first-order valence-electron chi connectivity index (χ1n) is 6.96. The molecule has 0 bridgehead atoms. The standard InChI is InChI=1S/C15H20ClNO/c16-14-3-1-2-12(10-17-13-6-7-13)15(14)18-9-8-11-4-5-11/h1-3,11,13,17H,4-10H2. The van der Waals surface area contributed by atoms with Crippen LogP contribution >= 0.6 is 11.6 Å². The normalized spacial score (nSPS) is 18.9. The van der Waals surface area contributed by atoms with E-state index < -0.39 is 0 Å². The number of benzene rings is 1. The summed E-state index contributed by atoms with van der Waals surface area (Å²) in [6.45, 7) is 1.66. The summed E-state index contributed by atoms with van der Waals surface area (Å²) in [7, 11) is 0. The summed E-state index contributed by atoms with van der Waals surface area (Å²) in [6, 6.07) is 6.73. The van der Waals surface area contributed by atoms with Gasteiger partial charge >= 0.3 is 0 Å². The summed E-state index contributed by atoms with van der Waals surface area (Å²) in [5.74, 6) is 1.79. The summed E-state index contributed by atoms with van der Waals surface area (Å²) in [5.41, 5.74) is 1.19. The highest BCUT2D eigenvalue weighted by Crippen LogP contribution is 2.34. The molecule has 98 valence electrons. The minimum absolute atomic E-state index is 0.711. The fraction of sp³-hybridized carbons (Fsp3) is 0.600. The van der Waals surface area contributed by atoms with Gasteiger partial charge in [-0.1, -0.05) is 36.6 Å². The Morgan fingerprint density at radius 2 is 2.06 bits per heavy atom. The van der Waals surface area contributed by atoms with Crippen molar-refractivity contribution < 1.29 is 4.74 Å². The Hall–Kier alpha value is -0.730. The molecule has 0 saturated heterocycles. The van der Waals surface area contributed by atoms with Gasteiger partial charge in [-0.25, -0.2) is 0 Å². The Morgan fingerprint density at radius 1 is 1.22 bits per heavy atom. The van der Waals surface area contributed by atoms with Crippen molar-refractivity contribution in [3.05, 3.63) is 28.8 Å². The molecule has 0 spiro atoms. The van der Waals surface area contributed by atoms with Gasteiger partial charge in [-0.05, 0) is 31.2 Å². The summed E-state index contributed by atoms with van der Waals surface area (Å²) in [6.07, 6.45) is 6.53. The highest BCUT2D eigenvalue weighted by atomic mass is 35.5. The van der Waals surface area contributed by atoms with E-state index in [1.807, 2.05) is 12.1 Å². The molecule has 1 aromatic rings. The Bertz CT molecular complexity index is 413. The van der Waals surface area contributed by atoms with E-state index in [1.165, 1.54) is 37.7 Å². The lowest BCUT2D eigenvalue weighted by Crippen LogP contribution is -2.16. The zero-order valence-corrected chi connectivity index (χ0v) is 11.4. The second-order valence-electron chi connectivity index (χ2n) is 5.46. The SMILES string of the molecule is Clc1cccc(CNC2CC2)c1OCCC1CC1. The number of para-hydroxylation sites is 1. The molecule has 0 aliphatic heterocycles. The van der Waals surface area contributed by atoms with E-state index in [4.69, 9.17) is 16.3 Å². The van der Waals surface area contributed by atoms with Gasteiger partial charge in [0.25, 0.3) is 0 Å². The number of rotatable bonds is 7. The molecular formula is C15H20ClNO. The average Bonchev–Trinajstić information content (AvgIpc) is 3.24. The highest BCUT2D eigenvalue weighted by molar-refractivity contribution is 6.32. The van der Waals surface area contributed by atoms with Crippen LogP contribution in [0.4, 0.5) is 0 Å². The Kier molecular flexibility index (Phi) is 3.76. The number of nitrogens with one attached hydrogen (secondary N) is 1. The van der Waals surface area contributed by atoms with Gasteiger partial charge in [0.2, 0.25) is 0 Å². The Balaban J connectivity index is 1.59. The maximum absolute atomic E-state index is 6.24. The monoisotopic (exact) mass is 265 g/mol. The van der Waals surface area contributed by atoms with E-state index in [0.29, 0.717) is 6.04 Å². The highest BCUT2D eigenvalue weighted by Gasteiger charge is 2.22. The van der Waals surface area contributed by atoms with Crippen molar-refractivity contribution in [2.24, 2.45) is 5.92 Å². The summed E-state index contributed by atoms with van der Waals surface area (Å²) in [5, 5.41) is 4.25. The maximum Gasteiger partial charge on any atom is 0.142 e. The van der Waals surface area contributed by atoms with Crippen LogP contribution in [0, 0.1) is 5.92 Å². The lowest BCUT2D eigenvalue weighted by molar-refractivity contribution is 0.299. The minimum atomic E-state index is 0.711. The van der Waals surface area contributed by atoms with E-state index in [1.54, 1.807) is 0 Å². The lowest BCUT2D eigenvalue weighted by atomic mass is 10.2. The van der Waals surface area contributed by atoms with Crippen LogP contribution < -0.4 is 10.1 Å². The topological polar surface area (TPSA) is 21.3 Å². The summed E-state index contributed by atoms with van der Waals surface area (Å²) >= 11 is 6.24. The van der Waals surface area contributed by atoms with Gasteiger partial charge in [0.05, 0.1) is 11.6 Å². The quantitative estimate of drug-likeness (QED) is 0.810. The fourth-order valence-corrected chi connectivity index (χ4v) is 2.38. The zero-order chi connectivity index (χ0) is 12.4. The summed E-state index contributed by atoms with van der Waals surface area (Å²) < 4.78 is 5.90. The Labute approximate surface area is 114 Å². The first kappa shape index (κ1) is 12.3. The van der Waals surface area contributed by atoms with Gasteiger partial charge in [-0.2, -0.15) is 0 Å². The number of hydrogen-bond donors (Lipinski definition) is 1. The molecule has 3 rings (SSSR count). The lowest BCUT2D eigenvalue weighted by Gasteiger charge is -2.13. The van der Waals surface area contributed by atoms with Crippen LogP contribution in [0.2, 0.25) is 5.02 Å². The van der Waals surface area contributed by atoms with Gasteiger partial charge in [0.1, 0.15) is 5.75 Å². The van der Waals surface area contributed by atoms with Crippen molar-refractivity contribution in [2.45, 2.75) is 44.7 Å². The molecule has 2 fully saturated rings. The molecule has 2 nitrogen and oxygen atoms in total. The largest absolute Gasteiger partial charge is 0.492 e. The first-order chi connectivity index (χ1) is 8.83. The third kappa shape index (κ3) is 3.39. The molecule has 0 heterocycles. The number of halogens is 1. The predicted octanol–water partition coefficient (Wildman–Crippen LogP) is 3.77. The van der Waals surface area contributed by atoms with E-state index in [0.717, 1.165) is 29.8 Å². The second kappa shape index (κ2) is 5.50. The van der Waals surface area contributed by atoms with E-state index in [9.17, 15) is 0 Å². The van der Waals surface area contributed by atoms with E-state index in [2.05, 4.69) is 11.4 Å². The molecule has 0 aromatic heterocycles. The second-order valence-corrected chi connectivity index (χ2v) is 5.87. The molecule has 0 unspecified atom stereocenters. The van der Waals surface area contributed by atoms with Crippen LogP contribution in [0.15, 0.2) is 18.2 Å². The van der Waals surface area contributed by atoms with Gasteiger partial charge in [0, 0.05) is 18.2 Å². The van der Waals surface area contributed by atoms with Crippen LogP contribution in [-0.2, 0) is 6.54 Å². The molecule has 2 aliphatic carbocycles. The third-order valence-electron chi connectivity index (χ3n) is 3.68. The van der Waals surface area contributed by atoms with Gasteiger partial charge in [0.15, 0.2) is 0 Å². The maximum atomic E-state index is 6.24. The Morgan fingerprint density at radius 3 is 2.78 bits per heavy atom.